The zero-order chi connectivity index (χ0) is 29.6. The van der Waals surface area contributed by atoms with E-state index in [0.29, 0.717) is 29.9 Å². The molecule has 4 rings (SSSR count). The molecular formula is C32H35FN2O6. The lowest BCUT2D eigenvalue weighted by atomic mass is 9.95. The van der Waals surface area contributed by atoms with E-state index in [9.17, 15) is 9.59 Å². The molecule has 0 aliphatic heterocycles. The number of nitrogens with one attached hydrogen (secondary N) is 1. The molecule has 0 aliphatic rings. The van der Waals surface area contributed by atoms with Gasteiger partial charge in [-0.25, -0.2) is 9.18 Å². The number of pyridine rings is 1. The maximum Gasteiger partial charge on any atom is 0.407 e. The van der Waals surface area contributed by atoms with E-state index < -0.39 is 23.4 Å². The van der Waals surface area contributed by atoms with Crippen LogP contribution in [0.25, 0.3) is 22.1 Å². The highest BCUT2D eigenvalue weighted by molar-refractivity contribution is 5.93. The largest absolute Gasteiger partial charge is 0.489 e. The first kappa shape index (κ1) is 29.6. The van der Waals surface area contributed by atoms with Crippen molar-refractivity contribution in [2.24, 2.45) is 0 Å². The molecule has 216 valence electrons. The molecule has 2 aromatic carbocycles. The lowest BCUT2D eigenvalue weighted by Gasteiger charge is -2.19. The van der Waals surface area contributed by atoms with Crippen molar-refractivity contribution in [3.8, 4) is 16.9 Å². The maximum absolute atomic E-state index is 15.7. The summed E-state index contributed by atoms with van der Waals surface area (Å²) in [5.41, 5.74) is 2.22. The summed E-state index contributed by atoms with van der Waals surface area (Å²) in [7, 11) is 0. The molecule has 0 aliphatic carbocycles. The average molecular weight is 563 g/mol. The van der Waals surface area contributed by atoms with Crippen LogP contribution in [0.15, 0.2) is 65.4 Å². The molecule has 0 saturated carbocycles. The van der Waals surface area contributed by atoms with Gasteiger partial charge in [0.1, 0.15) is 23.5 Å². The highest BCUT2D eigenvalue weighted by Crippen LogP contribution is 2.35. The molecule has 9 heteroatoms. The number of carbonyl (C=O) groups excluding carboxylic acids is 2. The second-order valence-corrected chi connectivity index (χ2v) is 10.5. The van der Waals surface area contributed by atoms with E-state index in [1.165, 1.54) is 6.20 Å². The van der Waals surface area contributed by atoms with Crippen LogP contribution in [-0.2, 0) is 27.4 Å². The Morgan fingerprint density at radius 1 is 1.07 bits per heavy atom. The van der Waals surface area contributed by atoms with Gasteiger partial charge in [0.25, 0.3) is 0 Å². The van der Waals surface area contributed by atoms with Crippen LogP contribution >= 0.6 is 0 Å². The lowest BCUT2D eigenvalue weighted by molar-refractivity contribution is -0.145. The Kier molecular flexibility index (Phi) is 9.27. The van der Waals surface area contributed by atoms with Gasteiger partial charge in [0.05, 0.1) is 31.0 Å². The molecule has 0 radical (unpaired) electrons. The number of ether oxygens (including phenoxy) is 3. The number of rotatable bonds is 10. The number of hydrogen-bond acceptors (Lipinski definition) is 7. The van der Waals surface area contributed by atoms with E-state index in [-0.39, 0.29) is 30.4 Å². The number of esters is 1. The SMILES string of the molecule is CCOC(=O)C(CC)c1ccccc1OCc1cc(-c2ccnc(CNC(=O)OC(C)(C)C)c2F)c2occc2c1. The summed E-state index contributed by atoms with van der Waals surface area (Å²) in [5.74, 6) is -0.744. The smallest absolute Gasteiger partial charge is 0.407 e. The molecule has 0 saturated heterocycles. The van der Waals surface area contributed by atoms with Crippen molar-refractivity contribution in [2.75, 3.05) is 6.61 Å². The van der Waals surface area contributed by atoms with Gasteiger partial charge in [-0.2, -0.15) is 0 Å². The molecule has 8 nitrogen and oxygen atoms in total. The highest BCUT2D eigenvalue weighted by atomic mass is 19.1. The number of benzene rings is 2. The molecule has 1 unspecified atom stereocenters. The van der Waals surface area contributed by atoms with Gasteiger partial charge in [0.15, 0.2) is 5.82 Å². The van der Waals surface area contributed by atoms with E-state index in [1.807, 2.05) is 37.3 Å². The van der Waals surface area contributed by atoms with Crippen molar-refractivity contribution in [1.29, 1.82) is 0 Å². The minimum atomic E-state index is -0.678. The van der Waals surface area contributed by atoms with E-state index in [1.54, 1.807) is 52.2 Å². The summed E-state index contributed by atoms with van der Waals surface area (Å²) < 4.78 is 38.1. The van der Waals surface area contributed by atoms with Gasteiger partial charge in [0.2, 0.25) is 0 Å². The van der Waals surface area contributed by atoms with Crippen LogP contribution in [0.1, 0.15) is 63.8 Å². The number of furan rings is 1. The molecule has 1 atom stereocenters. The molecule has 41 heavy (non-hydrogen) atoms. The third-order valence-corrected chi connectivity index (χ3v) is 6.33. The summed E-state index contributed by atoms with van der Waals surface area (Å²) >= 11 is 0. The number of aromatic nitrogens is 1. The minimum absolute atomic E-state index is 0.0632. The Morgan fingerprint density at radius 2 is 1.85 bits per heavy atom. The van der Waals surface area contributed by atoms with Crippen LogP contribution in [0.3, 0.4) is 0 Å². The Balaban J connectivity index is 1.61. The van der Waals surface area contributed by atoms with Crippen LogP contribution in [0.4, 0.5) is 9.18 Å². The van der Waals surface area contributed by atoms with Crippen molar-refractivity contribution in [1.82, 2.24) is 10.3 Å². The quantitative estimate of drug-likeness (QED) is 0.203. The summed E-state index contributed by atoms with van der Waals surface area (Å²) in [6.07, 6.45) is 2.93. The average Bonchev–Trinajstić information content (AvgIpc) is 3.40. The van der Waals surface area contributed by atoms with Crippen LogP contribution in [0.5, 0.6) is 5.75 Å². The van der Waals surface area contributed by atoms with Gasteiger partial charge < -0.3 is 23.9 Å². The van der Waals surface area contributed by atoms with E-state index >= 15 is 4.39 Å². The second kappa shape index (κ2) is 12.8. The molecule has 0 bridgehead atoms. The molecule has 2 aromatic heterocycles. The summed E-state index contributed by atoms with van der Waals surface area (Å²) in [6, 6.07) is 14.5. The van der Waals surface area contributed by atoms with Gasteiger partial charge in [0, 0.05) is 28.3 Å². The Labute approximate surface area is 238 Å². The number of amides is 1. The van der Waals surface area contributed by atoms with Gasteiger partial charge in [-0.1, -0.05) is 25.1 Å². The van der Waals surface area contributed by atoms with Crippen molar-refractivity contribution in [3.05, 3.63) is 83.6 Å². The standard InChI is InChI=1S/C32H35FN2O6/c1-6-22(30(36)38-7-2)23-10-8-9-11-27(23)40-19-20-16-21-13-15-39-29(21)25(17-20)24-12-14-34-26(28(24)33)18-35-31(37)41-32(3,4)5/h8-17,22H,6-7,18-19H2,1-5H3,(H,35,37). The fraction of sp³-hybridized carbons (Fsp3) is 0.344. The first-order valence-corrected chi connectivity index (χ1v) is 13.6. The molecular weight excluding hydrogens is 527 g/mol. The first-order chi connectivity index (χ1) is 19.6. The number of hydrogen-bond donors (Lipinski definition) is 1. The monoisotopic (exact) mass is 562 g/mol. The fourth-order valence-electron chi connectivity index (χ4n) is 4.53. The van der Waals surface area contributed by atoms with E-state index in [2.05, 4.69) is 10.3 Å². The predicted molar refractivity (Wildman–Crippen MR) is 153 cm³/mol. The fourth-order valence-corrected chi connectivity index (χ4v) is 4.53. The zero-order valence-electron chi connectivity index (χ0n) is 24.0. The normalized spacial score (nSPS) is 12.1. The number of alkyl carbamates (subject to hydrolysis) is 1. The third-order valence-electron chi connectivity index (χ3n) is 6.33. The molecule has 4 aromatic rings. The van der Waals surface area contributed by atoms with E-state index in [4.69, 9.17) is 18.6 Å². The van der Waals surface area contributed by atoms with Crippen molar-refractivity contribution in [3.63, 3.8) is 0 Å². The number of halogens is 1. The summed E-state index contributed by atoms with van der Waals surface area (Å²) in [6.45, 7) is 9.28. The molecule has 0 spiro atoms. The number of nitrogens with zero attached hydrogens (tertiary/aromatic N) is 1. The maximum atomic E-state index is 15.7. The van der Waals surface area contributed by atoms with Crippen molar-refractivity contribution in [2.45, 2.75) is 65.7 Å². The Bertz CT molecular complexity index is 1520. The number of carbonyl (C=O) groups is 2. The lowest BCUT2D eigenvalue weighted by Crippen LogP contribution is -2.32. The predicted octanol–water partition coefficient (Wildman–Crippen LogP) is 7.29. The molecule has 0 fully saturated rings. The highest BCUT2D eigenvalue weighted by Gasteiger charge is 2.24. The minimum Gasteiger partial charge on any atom is -0.489 e. The van der Waals surface area contributed by atoms with Crippen LogP contribution in [0, 0.1) is 5.82 Å². The van der Waals surface area contributed by atoms with Gasteiger partial charge in [-0.15, -0.1) is 0 Å². The summed E-state index contributed by atoms with van der Waals surface area (Å²) in [4.78, 5) is 28.8. The number of para-hydroxylation sites is 1. The van der Waals surface area contributed by atoms with Crippen molar-refractivity contribution >= 4 is 23.0 Å². The molecule has 1 amide bonds. The van der Waals surface area contributed by atoms with Gasteiger partial charge in [-0.05, 0) is 70.0 Å². The van der Waals surface area contributed by atoms with Crippen LogP contribution in [0.2, 0.25) is 0 Å². The van der Waals surface area contributed by atoms with Crippen LogP contribution in [-0.4, -0.2) is 29.3 Å². The topological polar surface area (TPSA) is 99.9 Å². The van der Waals surface area contributed by atoms with Crippen molar-refractivity contribution < 1.29 is 32.6 Å². The first-order valence-electron chi connectivity index (χ1n) is 13.6. The Morgan fingerprint density at radius 3 is 2.59 bits per heavy atom. The third kappa shape index (κ3) is 7.22. The summed E-state index contributed by atoms with van der Waals surface area (Å²) in [5, 5.41) is 3.33. The Hall–Kier alpha value is -4.40. The van der Waals surface area contributed by atoms with Gasteiger partial charge in [-0.3, -0.25) is 9.78 Å². The molecule has 1 N–H and O–H groups in total. The molecule has 2 heterocycles. The second-order valence-electron chi connectivity index (χ2n) is 10.5. The zero-order valence-corrected chi connectivity index (χ0v) is 24.0. The van der Waals surface area contributed by atoms with Gasteiger partial charge >= 0.3 is 12.1 Å². The van der Waals surface area contributed by atoms with Crippen LogP contribution < -0.4 is 10.1 Å². The number of fused-ring (bicyclic) bond motifs is 1. The van der Waals surface area contributed by atoms with E-state index in [0.717, 1.165) is 16.5 Å².